The third kappa shape index (κ3) is 5.49. The van der Waals surface area contributed by atoms with Gasteiger partial charge in [-0.05, 0) is 127 Å². The third-order valence-electron chi connectivity index (χ3n) is 12.1. The lowest BCUT2D eigenvalue weighted by molar-refractivity contribution is -0.0554. The quantitative estimate of drug-likeness (QED) is 0.145. The summed E-state index contributed by atoms with van der Waals surface area (Å²) in [6.07, 6.45) is 1.51. The fraction of sp³-hybridized carbons (Fsp3) is 0.280. The van der Waals surface area contributed by atoms with Crippen molar-refractivity contribution in [3.05, 3.63) is 212 Å². The highest BCUT2D eigenvalue weighted by Crippen LogP contribution is 2.68. The molecule has 1 N–H and O–H groups in total. The summed E-state index contributed by atoms with van der Waals surface area (Å²) in [4.78, 5) is 0. The zero-order valence-corrected chi connectivity index (χ0v) is 31.8. The Morgan fingerprint density at radius 1 is 0.412 bits per heavy atom. The summed E-state index contributed by atoms with van der Waals surface area (Å²) in [5.74, 6) is -0.0278. The van der Waals surface area contributed by atoms with Crippen LogP contribution in [0.25, 0.3) is 0 Å². The molecule has 0 aromatic heterocycles. The van der Waals surface area contributed by atoms with E-state index in [4.69, 9.17) is 0 Å². The van der Waals surface area contributed by atoms with Crippen molar-refractivity contribution in [2.75, 3.05) is 0 Å². The van der Waals surface area contributed by atoms with E-state index in [9.17, 15) is 0 Å². The second-order valence-corrected chi connectivity index (χ2v) is 14.7. The smallest absolute Gasteiger partial charge is 0.126 e. The van der Waals surface area contributed by atoms with Crippen molar-refractivity contribution in [3.8, 4) is 0 Å². The fourth-order valence-electron chi connectivity index (χ4n) is 10.1. The summed E-state index contributed by atoms with van der Waals surface area (Å²) in [6, 6.07) is 52.9. The first-order chi connectivity index (χ1) is 24.6. The Kier molecular flexibility index (Phi) is 10.3. The minimum absolute atomic E-state index is 0.0278. The van der Waals surface area contributed by atoms with E-state index in [1.54, 1.807) is 0 Å². The maximum absolute atomic E-state index is 15.0. The maximum atomic E-state index is 15.0. The van der Waals surface area contributed by atoms with Crippen LogP contribution in [-0.2, 0) is 16.4 Å². The Morgan fingerprint density at radius 2 is 0.725 bits per heavy atom. The minimum Gasteiger partial charge on any atom is -0.379 e. The van der Waals surface area contributed by atoms with Gasteiger partial charge in [0.2, 0.25) is 0 Å². The van der Waals surface area contributed by atoms with Gasteiger partial charge in [-0.2, -0.15) is 0 Å². The molecule has 0 fully saturated rings. The molecule has 0 aliphatic rings. The summed E-state index contributed by atoms with van der Waals surface area (Å²) in [5, 5.41) is 15.0. The van der Waals surface area contributed by atoms with Crippen LogP contribution in [0.3, 0.4) is 0 Å². The lowest BCUT2D eigenvalue weighted by atomic mass is 9.39. The SMILES string of the molecule is CCC(c1ccccc1C)C(c1ccccc1C)(c1ccccc1C)C(CC)(c1ccccc1C)C(O)(c1ccccc1C)c1ccccc1C. The van der Waals surface area contributed by atoms with Crippen molar-refractivity contribution in [3.63, 3.8) is 0 Å². The zero-order valence-electron chi connectivity index (χ0n) is 31.8. The summed E-state index contributed by atoms with van der Waals surface area (Å²) < 4.78 is 0. The molecule has 0 spiro atoms. The summed E-state index contributed by atoms with van der Waals surface area (Å²) >= 11 is 0. The second kappa shape index (κ2) is 14.5. The van der Waals surface area contributed by atoms with Crippen LogP contribution in [0.5, 0.6) is 0 Å². The van der Waals surface area contributed by atoms with Crippen LogP contribution >= 0.6 is 0 Å². The van der Waals surface area contributed by atoms with E-state index >= 15 is 5.11 Å². The monoisotopic (exact) mass is 670 g/mol. The van der Waals surface area contributed by atoms with Crippen LogP contribution in [-0.4, -0.2) is 5.11 Å². The molecule has 6 rings (SSSR count). The lowest BCUT2D eigenvalue weighted by Crippen LogP contribution is -2.65. The highest BCUT2D eigenvalue weighted by Gasteiger charge is 2.68. The zero-order chi connectivity index (χ0) is 36.4. The van der Waals surface area contributed by atoms with Crippen molar-refractivity contribution < 1.29 is 5.11 Å². The van der Waals surface area contributed by atoms with Crippen molar-refractivity contribution >= 4 is 0 Å². The number of rotatable bonds is 11. The molecule has 0 radical (unpaired) electrons. The van der Waals surface area contributed by atoms with Gasteiger partial charge in [0.15, 0.2) is 0 Å². The molecule has 260 valence electrons. The van der Waals surface area contributed by atoms with Crippen LogP contribution in [0.2, 0.25) is 0 Å². The van der Waals surface area contributed by atoms with E-state index in [2.05, 4.69) is 201 Å². The van der Waals surface area contributed by atoms with Gasteiger partial charge in [-0.25, -0.2) is 0 Å². The van der Waals surface area contributed by atoms with Crippen LogP contribution < -0.4 is 0 Å². The van der Waals surface area contributed by atoms with Gasteiger partial charge >= 0.3 is 0 Å². The molecule has 6 aromatic carbocycles. The molecule has 1 heteroatoms. The lowest BCUT2D eigenvalue weighted by Gasteiger charge is -2.63. The van der Waals surface area contributed by atoms with E-state index in [-0.39, 0.29) is 5.92 Å². The molecule has 1 nitrogen and oxygen atoms in total. The van der Waals surface area contributed by atoms with E-state index in [1.807, 2.05) is 0 Å². The van der Waals surface area contributed by atoms with Crippen LogP contribution in [0.1, 0.15) is 99.4 Å². The Hall–Kier alpha value is -4.72. The Morgan fingerprint density at radius 3 is 1.06 bits per heavy atom. The molecule has 0 saturated heterocycles. The maximum Gasteiger partial charge on any atom is 0.126 e. The molecule has 51 heavy (non-hydrogen) atoms. The topological polar surface area (TPSA) is 20.2 Å². The summed E-state index contributed by atoms with van der Waals surface area (Å²) in [6.45, 7) is 18.0. The molecule has 2 atom stereocenters. The number of aliphatic hydroxyl groups is 1. The average molecular weight is 671 g/mol. The normalized spacial score (nSPS) is 13.8. The largest absolute Gasteiger partial charge is 0.379 e. The van der Waals surface area contributed by atoms with Crippen molar-refractivity contribution in [2.24, 2.45) is 0 Å². The number of benzene rings is 6. The highest BCUT2D eigenvalue weighted by molar-refractivity contribution is 5.64. The average Bonchev–Trinajstić information content (AvgIpc) is 3.13. The predicted molar refractivity (Wildman–Crippen MR) is 216 cm³/mol. The minimum atomic E-state index is -1.49. The van der Waals surface area contributed by atoms with Crippen molar-refractivity contribution in [2.45, 2.75) is 90.6 Å². The highest BCUT2D eigenvalue weighted by atomic mass is 16.3. The third-order valence-corrected chi connectivity index (χ3v) is 12.1. The molecule has 0 saturated carbocycles. The standard InChI is InChI=1S/C50H54O/c1-9-42(41-29-17-11-23-35(41)3)49(44-31-19-13-25-37(44)5,45-32-20-14-26-38(45)6)48(10-2,43-30-18-12-24-36(43)4)50(51,46-33-21-15-27-39(46)7)47-34-22-16-28-40(47)8/h11-34,42,51H,9-10H2,1-8H3. The fourth-order valence-corrected chi connectivity index (χ4v) is 10.1. The van der Waals surface area contributed by atoms with E-state index < -0.39 is 16.4 Å². The Balaban J connectivity index is 2.05. The van der Waals surface area contributed by atoms with Gasteiger partial charge < -0.3 is 5.11 Å². The molecule has 0 aliphatic heterocycles. The van der Waals surface area contributed by atoms with Crippen molar-refractivity contribution in [1.82, 2.24) is 0 Å². The van der Waals surface area contributed by atoms with Crippen LogP contribution in [0.15, 0.2) is 146 Å². The van der Waals surface area contributed by atoms with Crippen LogP contribution in [0.4, 0.5) is 0 Å². The summed E-state index contributed by atoms with van der Waals surface area (Å²) in [7, 11) is 0. The molecule has 0 bridgehead atoms. The van der Waals surface area contributed by atoms with Gasteiger partial charge in [-0.15, -0.1) is 0 Å². The number of aryl methyl sites for hydroxylation is 6. The molecule has 2 unspecified atom stereocenters. The van der Waals surface area contributed by atoms with Gasteiger partial charge in [-0.1, -0.05) is 159 Å². The Labute approximate surface area is 307 Å². The Bertz CT molecular complexity index is 2040. The first-order valence-corrected chi connectivity index (χ1v) is 18.7. The molecule has 6 aromatic rings. The molecular formula is C50H54O. The first kappa shape index (κ1) is 36.1. The van der Waals surface area contributed by atoms with Gasteiger partial charge in [0.1, 0.15) is 5.60 Å². The number of hydrogen-bond acceptors (Lipinski definition) is 1. The van der Waals surface area contributed by atoms with Gasteiger partial charge in [0.05, 0.1) is 0 Å². The molecule has 0 aliphatic carbocycles. The second-order valence-electron chi connectivity index (χ2n) is 14.7. The van der Waals surface area contributed by atoms with Gasteiger partial charge in [0.25, 0.3) is 0 Å². The molecule has 0 amide bonds. The van der Waals surface area contributed by atoms with E-state index in [1.165, 1.54) is 44.5 Å². The predicted octanol–water partition coefficient (Wildman–Crippen LogP) is 12.3. The van der Waals surface area contributed by atoms with Gasteiger partial charge in [0, 0.05) is 10.8 Å². The number of hydrogen-bond donors (Lipinski definition) is 1. The van der Waals surface area contributed by atoms with Crippen LogP contribution in [0, 0.1) is 41.5 Å². The van der Waals surface area contributed by atoms with Gasteiger partial charge in [-0.3, -0.25) is 0 Å². The summed E-state index contributed by atoms with van der Waals surface area (Å²) in [5.41, 5.74) is 10.6. The molecular weight excluding hydrogens is 617 g/mol. The van der Waals surface area contributed by atoms with E-state index in [0.717, 1.165) is 28.7 Å². The molecule has 0 heterocycles. The first-order valence-electron chi connectivity index (χ1n) is 18.7. The van der Waals surface area contributed by atoms with Crippen molar-refractivity contribution in [1.29, 1.82) is 0 Å². The van der Waals surface area contributed by atoms with E-state index in [0.29, 0.717) is 6.42 Å².